The van der Waals surface area contributed by atoms with E-state index in [0.717, 1.165) is 0 Å². The van der Waals surface area contributed by atoms with E-state index in [4.69, 9.17) is 0 Å². The van der Waals surface area contributed by atoms with Gasteiger partial charge < -0.3 is 4.74 Å². The molecule has 1 amide bonds. The summed E-state index contributed by atoms with van der Waals surface area (Å²) in [5.41, 5.74) is 0. The summed E-state index contributed by atoms with van der Waals surface area (Å²) in [4.78, 5) is 15.1. The van der Waals surface area contributed by atoms with Crippen molar-refractivity contribution in [2.75, 3.05) is 19.0 Å². The number of aromatic nitrogens is 3. The molecule has 0 bridgehead atoms. The Hall–Kier alpha value is -1.43. The number of anilines is 1. The number of rotatable bonds is 3. The predicted molar refractivity (Wildman–Crippen MR) is 46.2 cm³/mol. The Labute approximate surface area is 75.9 Å². The molecule has 13 heavy (non-hydrogen) atoms. The van der Waals surface area contributed by atoms with Crippen molar-refractivity contribution in [1.29, 1.82) is 0 Å². The molecule has 0 spiro atoms. The Kier molecular flexibility index (Phi) is 2.97. The molecule has 72 valence electrons. The molecule has 0 unspecified atom stereocenters. The lowest BCUT2D eigenvalue weighted by Gasteiger charge is -2.01. The number of hydrogen-bond donors (Lipinski definition) is 1. The summed E-state index contributed by atoms with van der Waals surface area (Å²) < 4.78 is 6.16. The molecule has 0 saturated heterocycles. The third-order valence-electron chi connectivity index (χ3n) is 1.40. The highest BCUT2D eigenvalue weighted by Crippen LogP contribution is 2.00. The Morgan fingerprint density at radius 1 is 1.69 bits per heavy atom. The van der Waals surface area contributed by atoms with Gasteiger partial charge in [-0.15, -0.1) is 0 Å². The highest BCUT2D eigenvalue weighted by Gasteiger charge is 2.07. The number of nitrogens with zero attached hydrogens (tertiary/aromatic N) is 3. The molecule has 0 fully saturated rings. The van der Waals surface area contributed by atoms with Crippen LogP contribution in [0.25, 0.3) is 0 Å². The van der Waals surface area contributed by atoms with Crippen molar-refractivity contribution in [2.24, 2.45) is 7.05 Å². The van der Waals surface area contributed by atoms with Crippen LogP contribution in [-0.2, 0) is 16.6 Å². The maximum Gasteiger partial charge on any atom is 0.252 e. The topological polar surface area (TPSA) is 69.0 Å². The maximum absolute atomic E-state index is 11.1. The Bertz CT molecular complexity index is 307. The molecule has 0 radical (unpaired) electrons. The van der Waals surface area contributed by atoms with Gasteiger partial charge in [-0.1, -0.05) is 0 Å². The number of aryl methyl sites for hydroxylation is 2. The molecule has 1 heterocycles. The summed E-state index contributed by atoms with van der Waals surface area (Å²) in [6.07, 6.45) is 0. The van der Waals surface area contributed by atoms with Gasteiger partial charge in [-0.25, -0.2) is 4.68 Å². The van der Waals surface area contributed by atoms with E-state index in [-0.39, 0.29) is 12.5 Å². The SMILES string of the molecule is COCC(=O)Nc1nc(C)nn1C. The van der Waals surface area contributed by atoms with Crippen LogP contribution in [0.5, 0.6) is 0 Å². The molecular formula is C7H12N4O2. The molecule has 0 saturated carbocycles. The molecule has 0 atom stereocenters. The van der Waals surface area contributed by atoms with Crippen LogP contribution in [0.2, 0.25) is 0 Å². The molecule has 6 heteroatoms. The summed E-state index contributed by atoms with van der Waals surface area (Å²) in [5.74, 6) is 0.813. The molecular weight excluding hydrogens is 172 g/mol. The molecule has 1 aromatic heterocycles. The summed E-state index contributed by atoms with van der Waals surface area (Å²) in [6.45, 7) is 1.78. The molecule has 1 rings (SSSR count). The number of ether oxygens (including phenoxy) is 1. The molecule has 0 aliphatic rings. The van der Waals surface area contributed by atoms with Gasteiger partial charge in [0.1, 0.15) is 12.4 Å². The van der Waals surface area contributed by atoms with Gasteiger partial charge in [-0.3, -0.25) is 10.1 Å². The van der Waals surface area contributed by atoms with Gasteiger partial charge in [0.15, 0.2) is 0 Å². The van der Waals surface area contributed by atoms with E-state index in [1.54, 1.807) is 14.0 Å². The second kappa shape index (κ2) is 3.99. The van der Waals surface area contributed by atoms with Crippen molar-refractivity contribution < 1.29 is 9.53 Å². The number of carbonyl (C=O) groups excluding carboxylic acids is 1. The van der Waals surface area contributed by atoms with Crippen LogP contribution in [0.15, 0.2) is 0 Å². The van der Waals surface area contributed by atoms with Gasteiger partial charge in [-0.05, 0) is 6.92 Å². The summed E-state index contributed by atoms with van der Waals surface area (Å²) in [5, 5.41) is 6.53. The van der Waals surface area contributed by atoms with Crippen LogP contribution in [0, 0.1) is 6.92 Å². The molecule has 0 aromatic carbocycles. The minimum atomic E-state index is -0.238. The predicted octanol–water partition coefficient (Wildman–Crippen LogP) is -0.292. The Morgan fingerprint density at radius 3 is 2.85 bits per heavy atom. The fourth-order valence-electron chi connectivity index (χ4n) is 0.913. The lowest BCUT2D eigenvalue weighted by Crippen LogP contribution is -2.19. The molecule has 1 N–H and O–H groups in total. The van der Waals surface area contributed by atoms with Crippen LogP contribution < -0.4 is 5.32 Å². The summed E-state index contributed by atoms with van der Waals surface area (Å²) >= 11 is 0. The largest absolute Gasteiger partial charge is 0.375 e. The monoisotopic (exact) mass is 184 g/mol. The average molecular weight is 184 g/mol. The quantitative estimate of drug-likeness (QED) is 0.700. The van der Waals surface area contributed by atoms with Crippen LogP contribution in [0.1, 0.15) is 5.82 Å². The number of amides is 1. The Morgan fingerprint density at radius 2 is 2.38 bits per heavy atom. The number of nitrogens with one attached hydrogen (secondary N) is 1. The normalized spacial score (nSPS) is 10.1. The van der Waals surface area contributed by atoms with Gasteiger partial charge in [0, 0.05) is 14.2 Å². The second-order valence-corrected chi connectivity index (χ2v) is 2.59. The Balaban J connectivity index is 2.63. The molecule has 0 aliphatic heterocycles. The number of hydrogen-bond acceptors (Lipinski definition) is 4. The van der Waals surface area contributed by atoms with Gasteiger partial charge in [0.05, 0.1) is 0 Å². The van der Waals surface area contributed by atoms with Gasteiger partial charge in [0.25, 0.3) is 5.91 Å². The van der Waals surface area contributed by atoms with E-state index in [0.29, 0.717) is 11.8 Å². The molecule has 1 aromatic rings. The lowest BCUT2D eigenvalue weighted by molar-refractivity contribution is -0.119. The fraction of sp³-hybridized carbons (Fsp3) is 0.571. The first-order valence-corrected chi connectivity index (χ1v) is 3.80. The van der Waals surface area contributed by atoms with Crippen LogP contribution >= 0.6 is 0 Å². The zero-order valence-electron chi connectivity index (χ0n) is 7.87. The smallest absolute Gasteiger partial charge is 0.252 e. The van der Waals surface area contributed by atoms with E-state index in [1.165, 1.54) is 11.8 Å². The van der Waals surface area contributed by atoms with Crippen LogP contribution in [0.4, 0.5) is 5.95 Å². The zero-order valence-corrected chi connectivity index (χ0v) is 7.87. The number of methoxy groups -OCH3 is 1. The first-order valence-electron chi connectivity index (χ1n) is 3.80. The molecule has 6 nitrogen and oxygen atoms in total. The van der Waals surface area contributed by atoms with Crippen molar-refractivity contribution in [3.8, 4) is 0 Å². The first-order chi connectivity index (χ1) is 6.13. The van der Waals surface area contributed by atoms with E-state index < -0.39 is 0 Å². The van der Waals surface area contributed by atoms with Gasteiger partial charge in [-0.2, -0.15) is 10.1 Å². The van der Waals surface area contributed by atoms with Crippen molar-refractivity contribution in [1.82, 2.24) is 14.8 Å². The minimum absolute atomic E-state index is 0.0197. The first kappa shape index (κ1) is 9.66. The van der Waals surface area contributed by atoms with Crippen LogP contribution in [0.3, 0.4) is 0 Å². The second-order valence-electron chi connectivity index (χ2n) is 2.59. The van der Waals surface area contributed by atoms with Crippen molar-refractivity contribution in [2.45, 2.75) is 6.92 Å². The van der Waals surface area contributed by atoms with E-state index in [2.05, 4.69) is 20.1 Å². The van der Waals surface area contributed by atoms with E-state index in [9.17, 15) is 4.79 Å². The summed E-state index contributed by atoms with van der Waals surface area (Å²) in [6, 6.07) is 0. The van der Waals surface area contributed by atoms with E-state index in [1.807, 2.05) is 0 Å². The van der Waals surface area contributed by atoms with Gasteiger partial charge >= 0.3 is 0 Å². The molecule has 0 aliphatic carbocycles. The average Bonchev–Trinajstić information content (AvgIpc) is 2.30. The fourth-order valence-corrected chi connectivity index (χ4v) is 0.913. The minimum Gasteiger partial charge on any atom is -0.375 e. The van der Waals surface area contributed by atoms with Crippen LogP contribution in [-0.4, -0.2) is 34.4 Å². The van der Waals surface area contributed by atoms with Gasteiger partial charge in [0.2, 0.25) is 5.95 Å². The lowest BCUT2D eigenvalue weighted by atomic mass is 10.6. The third-order valence-corrected chi connectivity index (χ3v) is 1.40. The highest BCUT2D eigenvalue weighted by molar-refractivity contribution is 5.89. The number of carbonyl (C=O) groups is 1. The highest BCUT2D eigenvalue weighted by atomic mass is 16.5. The third kappa shape index (κ3) is 2.51. The maximum atomic E-state index is 11.1. The van der Waals surface area contributed by atoms with E-state index >= 15 is 0 Å². The standard InChI is InChI=1S/C7H12N4O2/c1-5-8-7(11(2)10-5)9-6(12)4-13-3/h4H2,1-3H3,(H,8,9,10,12). The van der Waals surface area contributed by atoms with Crippen molar-refractivity contribution >= 4 is 11.9 Å². The van der Waals surface area contributed by atoms with Crippen molar-refractivity contribution in [3.63, 3.8) is 0 Å². The summed E-state index contributed by atoms with van der Waals surface area (Å²) in [7, 11) is 3.17. The van der Waals surface area contributed by atoms with Crippen molar-refractivity contribution in [3.05, 3.63) is 5.82 Å². The zero-order chi connectivity index (χ0) is 9.84.